The van der Waals surface area contributed by atoms with Crippen LogP contribution >= 0.6 is 11.6 Å². The van der Waals surface area contributed by atoms with Crippen molar-refractivity contribution >= 4 is 33.2 Å². The Morgan fingerprint density at radius 3 is 2.57 bits per heavy atom. The molecule has 1 atom stereocenters. The lowest BCUT2D eigenvalue weighted by Gasteiger charge is -2.24. The van der Waals surface area contributed by atoms with Gasteiger partial charge in [-0.05, 0) is 56.0 Å². The molecule has 6 nitrogen and oxygen atoms in total. The fourth-order valence-corrected chi connectivity index (χ4v) is 5.38. The van der Waals surface area contributed by atoms with Crippen molar-refractivity contribution in [1.29, 1.82) is 0 Å². The molecule has 3 rings (SSSR count). The van der Waals surface area contributed by atoms with E-state index in [1.807, 2.05) is 6.92 Å². The fraction of sp³-hybridized carbons (Fsp3) is 0.350. The van der Waals surface area contributed by atoms with Crippen LogP contribution in [0.3, 0.4) is 0 Å². The van der Waals surface area contributed by atoms with E-state index in [1.54, 1.807) is 37.3 Å². The van der Waals surface area contributed by atoms with Gasteiger partial charge in [-0.25, -0.2) is 8.42 Å². The molecule has 0 bridgehead atoms. The lowest BCUT2D eigenvalue weighted by atomic mass is 10.2. The van der Waals surface area contributed by atoms with Crippen molar-refractivity contribution in [2.24, 2.45) is 0 Å². The second-order valence-corrected chi connectivity index (χ2v) is 9.12. The van der Waals surface area contributed by atoms with Crippen LogP contribution < -0.4 is 10.1 Å². The number of hydrogen-bond acceptors (Lipinski definition) is 4. The van der Waals surface area contributed by atoms with Crippen LogP contribution in [-0.4, -0.2) is 38.3 Å². The zero-order valence-corrected chi connectivity index (χ0v) is 17.6. The predicted octanol–water partition coefficient (Wildman–Crippen LogP) is 3.76. The summed E-state index contributed by atoms with van der Waals surface area (Å²) in [6.45, 7) is 3.90. The standard InChI is InChI=1S/C20H23ClN2O4S/c1-13-6-8-15(11-17(13)21)22-20(24)18-5-4-10-23(18)28(25,26)19-12-16(27-3)9-7-14(19)2/h6-9,11-12,18H,4-5,10H2,1-3H3,(H,22,24)/t18-/m0/s1. The number of nitrogens with zero attached hydrogens (tertiary/aromatic N) is 1. The molecule has 28 heavy (non-hydrogen) atoms. The summed E-state index contributed by atoms with van der Waals surface area (Å²) in [5.41, 5.74) is 2.05. The van der Waals surface area contributed by atoms with Gasteiger partial charge >= 0.3 is 0 Å². The number of methoxy groups -OCH3 is 1. The van der Waals surface area contributed by atoms with E-state index >= 15 is 0 Å². The molecule has 1 saturated heterocycles. The second-order valence-electron chi connectivity index (χ2n) is 6.86. The maximum atomic E-state index is 13.3. The third-order valence-corrected chi connectivity index (χ3v) is 7.39. The van der Waals surface area contributed by atoms with E-state index in [2.05, 4.69) is 5.32 Å². The third-order valence-electron chi connectivity index (χ3n) is 4.93. The van der Waals surface area contributed by atoms with E-state index in [1.165, 1.54) is 17.5 Å². The number of rotatable bonds is 5. The summed E-state index contributed by atoms with van der Waals surface area (Å²) in [4.78, 5) is 13.0. The summed E-state index contributed by atoms with van der Waals surface area (Å²) >= 11 is 6.11. The normalized spacial score (nSPS) is 17.5. The van der Waals surface area contributed by atoms with Crippen LogP contribution in [0, 0.1) is 13.8 Å². The fourth-order valence-electron chi connectivity index (χ4n) is 3.30. The number of amides is 1. The second kappa shape index (κ2) is 8.11. The monoisotopic (exact) mass is 422 g/mol. The van der Waals surface area contributed by atoms with Crippen molar-refractivity contribution in [2.75, 3.05) is 19.0 Å². The molecule has 1 N–H and O–H groups in total. The van der Waals surface area contributed by atoms with Gasteiger partial charge in [0.15, 0.2) is 0 Å². The Morgan fingerprint density at radius 1 is 1.18 bits per heavy atom. The maximum absolute atomic E-state index is 13.3. The summed E-state index contributed by atoms with van der Waals surface area (Å²) in [6, 6.07) is 9.36. The van der Waals surface area contributed by atoms with Gasteiger partial charge < -0.3 is 10.1 Å². The van der Waals surface area contributed by atoms with Crippen LogP contribution in [0.15, 0.2) is 41.3 Å². The molecule has 1 aliphatic rings. The van der Waals surface area contributed by atoms with Crippen LogP contribution in [0.1, 0.15) is 24.0 Å². The Bertz CT molecular complexity index is 1010. The van der Waals surface area contributed by atoms with Gasteiger partial charge in [0, 0.05) is 23.3 Å². The van der Waals surface area contributed by atoms with Gasteiger partial charge in [0.25, 0.3) is 0 Å². The van der Waals surface area contributed by atoms with Gasteiger partial charge in [0.1, 0.15) is 11.8 Å². The molecule has 8 heteroatoms. The molecule has 1 amide bonds. The quantitative estimate of drug-likeness (QED) is 0.796. The molecule has 2 aromatic carbocycles. The minimum Gasteiger partial charge on any atom is -0.497 e. The number of halogens is 1. The number of anilines is 1. The number of sulfonamides is 1. The first kappa shape index (κ1) is 20.6. The maximum Gasteiger partial charge on any atom is 0.244 e. The van der Waals surface area contributed by atoms with Crippen molar-refractivity contribution in [2.45, 2.75) is 37.6 Å². The highest BCUT2D eigenvalue weighted by atomic mass is 35.5. The molecule has 1 fully saturated rings. The van der Waals surface area contributed by atoms with Crippen molar-refractivity contribution in [3.05, 3.63) is 52.5 Å². The van der Waals surface area contributed by atoms with Gasteiger partial charge in [0.2, 0.25) is 15.9 Å². The molecule has 0 aliphatic carbocycles. The van der Waals surface area contributed by atoms with E-state index in [4.69, 9.17) is 16.3 Å². The first-order valence-electron chi connectivity index (χ1n) is 8.97. The first-order valence-corrected chi connectivity index (χ1v) is 10.8. The number of carbonyl (C=O) groups is 1. The van der Waals surface area contributed by atoms with Crippen LogP contribution in [0.2, 0.25) is 5.02 Å². The SMILES string of the molecule is COc1ccc(C)c(S(=O)(=O)N2CCC[C@H]2C(=O)Nc2ccc(C)c(Cl)c2)c1. The average Bonchev–Trinajstić information content (AvgIpc) is 3.16. The average molecular weight is 423 g/mol. The van der Waals surface area contributed by atoms with Gasteiger partial charge in [-0.2, -0.15) is 4.31 Å². The van der Waals surface area contributed by atoms with E-state index in [9.17, 15) is 13.2 Å². The smallest absolute Gasteiger partial charge is 0.244 e. The van der Waals surface area contributed by atoms with Crippen molar-refractivity contribution in [1.82, 2.24) is 4.31 Å². The zero-order valence-electron chi connectivity index (χ0n) is 16.0. The molecule has 2 aromatic rings. The van der Waals surface area contributed by atoms with E-state index in [-0.39, 0.29) is 10.8 Å². The Balaban J connectivity index is 1.87. The zero-order chi connectivity index (χ0) is 20.5. The Labute approximate surface area is 170 Å². The largest absolute Gasteiger partial charge is 0.497 e. The molecule has 0 saturated carbocycles. The number of carbonyl (C=O) groups excluding carboxylic acids is 1. The number of hydrogen-bond donors (Lipinski definition) is 1. The minimum absolute atomic E-state index is 0.157. The summed E-state index contributed by atoms with van der Waals surface area (Å²) < 4.78 is 33.0. The Kier molecular flexibility index (Phi) is 5.98. The summed E-state index contributed by atoms with van der Waals surface area (Å²) in [5, 5.41) is 3.33. The molecule has 150 valence electrons. The molecular formula is C20H23ClN2O4S. The molecule has 1 aliphatic heterocycles. The van der Waals surface area contributed by atoms with Gasteiger partial charge in [-0.1, -0.05) is 23.7 Å². The predicted molar refractivity (Wildman–Crippen MR) is 109 cm³/mol. The lowest BCUT2D eigenvalue weighted by Crippen LogP contribution is -2.43. The summed E-state index contributed by atoms with van der Waals surface area (Å²) in [5.74, 6) is 0.0974. The Hall–Kier alpha value is -2.09. The third kappa shape index (κ3) is 4.01. The van der Waals surface area contributed by atoms with Crippen molar-refractivity contribution in [3.8, 4) is 5.75 Å². The number of ether oxygens (including phenoxy) is 1. The van der Waals surface area contributed by atoms with Crippen LogP contribution in [0.5, 0.6) is 5.75 Å². The van der Waals surface area contributed by atoms with Crippen LogP contribution in [0.4, 0.5) is 5.69 Å². The highest BCUT2D eigenvalue weighted by Crippen LogP contribution is 2.31. The number of nitrogens with one attached hydrogen (secondary N) is 1. The number of aryl methyl sites for hydroxylation is 2. The molecular weight excluding hydrogens is 400 g/mol. The van der Waals surface area contributed by atoms with Gasteiger partial charge in [-0.15, -0.1) is 0 Å². The molecule has 0 radical (unpaired) electrons. The minimum atomic E-state index is -3.84. The summed E-state index contributed by atoms with van der Waals surface area (Å²) in [7, 11) is -2.35. The van der Waals surface area contributed by atoms with Crippen LogP contribution in [-0.2, 0) is 14.8 Å². The van der Waals surface area contributed by atoms with Gasteiger partial charge in [0.05, 0.1) is 12.0 Å². The lowest BCUT2D eigenvalue weighted by molar-refractivity contribution is -0.119. The molecule has 1 heterocycles. The molecule has 0 spiro atoms. The molecule has 0 aromatic heterocycles. The van der Waals surface area contributed by atoms with Gasteiger partial charge in [-0.3, -0.25) is 4.79 Å². The van der Waals surface area contributed by atoms with E-state index in [0.717, 1.165) is 5.56 Å². The highest BCUT2D eigenvalue weighted by Gasteiger charge is 2.40. The first-order chi connectivity index (χ1) is 13.2. The Morgan fingerprint density at radius 2 is 1.89 bits per heavy atom. The van der Waals surface area contributed by atoms with E-state index < -0.39 is 16.1 Å². The van der Waals surface area contributed by atoms with Crippen molar-refractivity contribution in [3.63, 3.8) is 0 Å². The van der Waals surface area contributed by atoms with Crippen molar-refractivity contribution < 1.29 is 17.9 Å². The molecule has 0 unspecified atom stereocenters. The van der Waals surface area contributed by atoms with E-state index in [0.29, 0.717) is 41.4 Å². The van der Waals surface area contributed by atoms with Crippen LogP contribution in [0.25, 0.3) is 0 Å². The highest BCUT2D eigenvalue weighted by molar-refractivity contribution is 7.89. The summed E-state index contributed by atoms with van der Waals surface area (Å²) in [6.07, 6.45) is 1.09. The topological polar surface area (TPSA) is 75.7 Å². The number of benzene rings is 2.